The fraction of sp³-hybridized carbons (Fsp3) is 0.118. The normalized spacial score (nSPS) is 12.3. The summed E-state index contributed by atoms with van der Waals surface area (Å²) in [5.41, 5.74) is 10.2. The average Bonchev–Trinajstić information content (AvgIpc) is 3.72. The molecule has 0 amide bonds. The van der Waals surface area contributed by atoms with Crippen LogP contribution in [-0.4, -0.2) is 44.7 Å². The quantitative estimate of drug-likeness (QED) is 0.160. The van der Waals surface area contributed by atoms with Gasteiger partial charge in [0.2, 0.25) is 0 Å². The number of aromatic nitrogens is 6. The number of aryl methyl sites for hydroxylation is 1. The fourth-order valence-electron chi connectivity index (χ4n) is 5.76. The Morgan fingerprint density at radius 3 is 2.52 bits per heavy atom. The van der Waals surface area contributed by atoms with Gasteiger partial charge in [0, 0.05) is 23.3 Å². The third-order valence-corrected chi connectivity index (χ3v) is 9.50. The summed E-state index contributed by atoms with van der Waals surface area (Å²) in [6.45, 7) is 3.74. The fourth-order valence-corrected chi connectivity index (χ4v) is 6.83. The molecule has 5 N–H and O–H groups in total. The molecule has 4 heterocycles. The Hall–Kier alpha value is -6.15. The van der Waals surface area contributed by atoms with Gasteiger partial charge in [-0.15, -0.1) is 0 Å². The van der Waals surface area contributed by atoms with E-state index >= 15 is 0 Å². The summed E-state index contributed by atoms with van der Waals surface area (Å²) in [7, 11) is -2.46. The Kier molecular flexibility index (Phi) is 7.56. The minimum absolute atomic E-state index is 0.0722. The smallest absolute Gasteiger partial charge is 0.282 e. The largest absolute Gasteiger partial charge is 0.497 e. The molecule has 0 bridgehead atoms. The lowest BCUT2D eigenvalue weighted by molar-refractivity contribution is 0.414. The molecule has 0 spiro atoms. The molecular formula is C34H31N9O4S. The van der Waals surface area contributed by atoms with Crippen LogP contribution in [-0.2, 0) is 10.0 Å². The van der Waals surface area contributed by atoms with Gasteiger partial charge >= 0.3 is 0 Å². The Bertz CT molecular complexity index is 2470. The first-order chi connectivity index (χ1) is 23.1. The summed E-state index contributed by atoms with van der Waals surface area (Å²) >= 11 is 0. The number of benzene rings is 3. The summed E-state index contributed by atoms with van der Waals surface area (Å²) in [6, 6.07) is 22.0. The van der Waals surface area contributed by atoms with Gasteiger partial charge in [0.15, 0.2) is 5.82 Å². The number of anilines is 3. The van der Waals surface area contributed by atoms with E-state index in [0.29, 0.717) is 56.3 Å². The van der Waals surface area contributed by atoms with Gasteiger partial charge in [0.1, 0.15) is 29.2 Å². The van der Waals surface area contributed by atoms with Gasteiger partial charge in [0.25, 0.3) is 15.6 Å². The number of ether oxygens (including phenoxy) is 1. The number of methoxy groups -OCH3 is 1. The van der Waals surface area contributed by atoms with Gasteiger partial charge in [-0.05, 0) is 85.6 Å². The van der Waals surface area contributed by atoms with Crippen molar-refractivity contribution >= 4 is 43.8 Å². The molecule has 1 atom stereocenters. The number of fused-ring (bicyclic) bond motifs is 2. The Balaban J connectivity index is 1.31. The number of hydrogen-bond acceptors (Lipinski definition) is 9. The highest BCUT2D eigenvalue weighted by atomic mass is 32.2. The second-order valence-electron chi connectivity index (χ2n) is 11.2. The number of nitrogens with zero attached hydrogens (tertiary/aromatic N) is 5. The Morgan fingerprint density at radius 2 is 1.77 bits per heavy atom. The van der Waals surface area contributed by atoms with Crippen molar-refractivity contribution in [1.29, 1.82) is 0 Å². The zero-order chi connectivity index (χ0) is 33.6. The number of nitrogen functional groups attached to an aromatic ring is 1. The van der Waals surface area contributed by atoms with E-state index in [1.54, 1.807) is 45.7 Å². The number of para-hydroxylation sites is 1. The monoisotopic (exact) mass is 661 g/mol. The molecule has 14 heteroatoms. The summed E-state index contributed by atoms with van der Waals surface area (Å²) < 4.78 is 38.0. The number of nitrogens with one attached hydrogen (secondary N) is 3. The molecule has 4 aromatic heterocycles. The van der Waals surface area contributed by atoms with Gasteiger partial charge in [-0.2, -0.15) is 5.10 Å². The highest BCUT2D eigenvalue weighted by molar-refractivity contribution is 7.92. The predicted octanol–water partition coefficient (Wildman–Crippen LogP) is 5.30. The minimum atomic E-state index is -3.97. The van der Waals surface area contributed by atoms with E-state index < -0.39 is 16.1 Å². The SMILES string of the molecule is COc1ccc(S(=O)(=O)Nc2cc(-c3c(N)ncnc3N[C@@H](C)c3nn4ccc(C)c4c(=O)n3-c3ccccc3)cc3[nH]ccc23)cc1. The first-order valence-electron chi connectivity index (χ1n) is 15.0. The lowest BCUT2D eigenvalue weighted by atomic mass is 10.0. The first-order valence-corrected chi connectivity index (χ1v) is 16.4. The second kappa shape index (κ2) is 11.9. The third kappa shape index (κ3) is 5.37. The van der Waals surface area contributed by atoms with Crippen LogP contribution in [0.5, 0.6) is 5.75 Å². The van der Waals surface area contributed by atoms with Gasteiger partial charge in [-0.1, -0.05) is 18.2 Å². The topological polar surface area (TPSA) is 174 Å². The highest BCUT2D eigenvalue weighted by Crippen LogP contribution is 2.38. The van der Waals surface area contributed by atoms with Gasteiger partial charge in [0.05, 0.1) is 35.0 Å². The molecule has 0 fully saturated rings. The lowest BCUT2D eigenvalue weighted by Crippen LogP contribution is -2.29. The van der Waals surface area contributed by atoms with Crippen LogP contribution in [0.3, 0.4) is 0 Å². The van der Waals surface area contributed by atoms with Crippen molar-refractivity contribution in [2.45, 2.75) is 24.8 Å². The van der Waals surface area contributed by atoms with Crippen LogP contribution in [0, 0.1) is 6.92 Å². The van der Waals surface area contributed by atoms with Crippen LogP contribution in [0.2, 0.25) is 0 Å². The molecule has 0 aliphatic heterocycles. The predicted molar refractivity (Wildman–Crippen MR) is 185 cm³/mol. The van der Waals surface area contributed by atoms with E-state index in [4.69, 9.17) is 15.6 Å². The van der Waals surface area contributed by atoms with Crippen molar-refractivity contribution < 1.29 is 13.2 Å². The molecule has 48 heavy (non-hydrogen) atoms. The van der Waals surface area contributed by atoms with Gasteiger partial charge in [-0.3, -0.25) is 14.1 Å². The van der Waals surface area contributed by atoms with Crippen LogP contribution in [0.25, 0.3) is 33.2 Å². The lowest BCUT2D eigenvalue weighted by Gasteiger charge is -2.21. The third-order valence-electron chi connectivity index (χ3n) is 8.12. The van der Waals surface area contributed by atoms with E-state index in [0.717, 1.165) is 5.56 Å². The van der Waals surface area contributed by atoms with Crippen molar-refractivity contribution in [3.8, 4) is 22.6 Å². The van der Waals surface area contributed by atoms with E-state index in [1.807, 2.05) is 56.3 Å². The molecule has 0 unspecified atom stereocenters. The summed E-state index contributed by atoms with van der Waals surface area (Å²) in [5.74, 6) is 1.50. The van der Waals surface area contributed by atoms with Gasteiger partial charge in [-0.25, -0.2) is 22.9 Å². The average molecular weight is 662 g/mol. The zero-order valence-corrected chi connectivity index (χ0v) is 27.0. The van der Waals surface area contributed by atoms with Crippen LogP contribution in [0.1, 0.15) is 24.4 Å². The molecule has 0 saturated carbocycles. The van der Waals surface area contributed by atoms with Crippen molar-refractivity contribution in [3.05, 3.63) is 119 Å². The molecule has 7 aromatic rings. The maximum Gasteiger partial charge on any atom is 0.282 e. The van der Waals surface area contributed by atoms with E-state index in [1.165, 1.54) is 25.6 Å². The van der Waals surface area contributed by atoms with Crippen LogP contribution in [0.4, 0.5) is 17.3 Å². The molecule has 3 aromatic carbocycles. The molecule has 242 valence electrons. The standard InChI is InChI=1S/C34H31N9O4S/c1-20-14-16-42-30(20)34(44)43(23-7-5-4-6-8-23)33(40-42)21(2)39-32-29(31(35)37-19-38-32)22-17-27-26(13-15-36-27)28(18-22)41-48(45,46)25-11-9-24(47-3)10-12-25/h4-19,21,36,41H,1-3H3,(H3,35,37,38,39)/t21-/m0/s1. The number of rotatable bonds is 9. The minimum Gasteiger partial charge on any atom is -0.497 e. The van der Waals surface area contributed by atoms with E-state index in [9.17, 15) is 13.2 Å². The van der Waals surface area contributed by atoms with Crippen molar-refractivity contribution in [2.24, 2.45) is 0 Å². The molecule has 0 saturated heterocycles. The van der Waals surface area contributed by atoms with Gasteiger partial charge < -0.3 is 20.8 Å². The molecular weight excluding hydrogens is 630 g/mol. The maximum atomic E-state index is 13.9. The molecule has 13 nitrogen and oxygen atoms in total. The van der Waals surface area contributed by atoms with E-state index in [-0.39, 0.29) is 16.3 Å². The number of aromatic amines is 1. The number of H-pyrrole nitrogens is 1. The first kappa shape index (κ1) is 30.5. The van der Waals surface area contributed by atoms with E-state index in [2.05, 4.69) is 25.0 Å². The van der Waals surface area contributed by atoms with Crippen LogP contribution in [0.15, 0.2) is 107 Å². The Morgan fingerprint density at radius 1 is 1.00 bits per heavy atom. The van der Waals surface area contributed by atoms with Crippen molar-refractivity contribution in [2.75, 3.05) is 22.9 Å². The molecule has 7 rings (SSSR count). The summed E-state index contributed by atoms with van der Waals surface area (Å²) in [4.78, 5) is 25.9. The maximum absolute atomic E-state index is 13.9. The summed E-state index contributed by atoms with van der Waals surface area (Å²) in [5, 5.41) is 8.88. The molecule has 0 radical (unpaired) electrons. The number of sulfonamides is 1. The number of nitrogens with two attached hydrogens (primary N) is 1. The highest BCUT2D eigenvalue weighted by Gasteiger charge is 2.23. The summed E-state index contributed by atoms with van der Waals surface area (Å²) in [6.07, 6.45) is 4.82. The van der Waals surface area contributed by atoms with Crippen molar-refractivity contribution in [3.63, 3.8) is 0 Å². The number of hydrogen-bond donors (Lipinski definition) is 4. The van der Waals surface area contributed by atoms with Crippen LogP contribution >= 0.6 is 0 Å². The van der Waals surface area contributed by atoms with Crippen LogP contribution < -0.4 is 26.1 Å². The second-order valence-corrected chi connectivity index (χ2v) is 12.9. The molecule has 0 aliphatic rings. The Labute approximate surface area is 275 Å². The zero-order valence-electron chi connectivity index (χ0n) is 26.2. The molecule has 0 aliphatic carbocycles. The van der Waals surface area contributed by atoms with Crippen molar-refractivity contribution in [1.82, 2.24) is 29.1 Å².